The molecule has 2 aliphatic carbocycles. The summed E-state index contributed by atoms with van der Waals surface area (Å²) >= 11 is 0. The second kappa shape index (κ2) is 4.56. The smallest absolute Gasteiger partial charge is 0.238 e. The van der Waals surface area contributed by atoms with Gasteiger partial charge in [-0.2, -0.15) is 0 Å². The first-order valence-corrected chi connectivity index (χ1v) is 8.38. The summed E-state index contributed by atoms with van der Waals surface area (Å²) in [6, 6.07) is 5.98. The zero-order valence-corrected chi connectivity index (χ0v) is 11.9. The maximum atomic E-state index is 12.4. The lowest BCUT2D eigenvalue weighted by Gasteiger charge is -2.25. The molecule has 3 N–H and O–H groups in total. The van der Waals surface area contributed by atoms with Crippen LogP contribution in [0.1, 0.15) is 32.1 Å². The molecule has 0 aliphatic heterocycles. The lowest BCUT2D eigenvalue weighted by Crippen LogP contribution is -2.32. The lowest BCUT2D eigenvalue weighted by atomic mass is 9.83. The van der Waals surface area contributed by atoms with Gasteiger partial charge in [-0.1, -0.05) is 0 Å². The first-order valence-electron chi connectivity index (χ1n) is 6.83. The van der Waals surface area contributed by atoms with Crippen molar-refractivity contribution in [1.82, 2.24) is 0 Å². The molecule has 20 heavy (non-hydrogen) atoms. The van der Waals surface area contributed by atoms with Gasteiger partial charge in [-0.15, -0.1) is 0 Å². The molecular weight excluding hydrogens is 276 g/mol. The Bertz CT molecular complexity index is 629. The minimum Gasteiger partial charge on any atom is -0.326 e. The van der Waals surface area contributed by atoms with Crippen LogP contribution in [0.15, 0.2) is 29.2 Å². The molecule has 0 aromatic heterocycles. The van der Waals surface area contributed by atoms with Crippen molar-refractivity contribution in [1.29, 1.82) is 0 Å². The summed E-state index contributed by atoms with van der Waals surface area (Å²) in [7, 11) is -3.69. The Labute approximate surface area is 118 Å². The molecule has 1 amide bonds. The highest BCUT2D eigenvalue weighted by Gasteiger charge is 2.49. The maximum absolute atomic E-state index is 12.4. The number of fused-ring (bicyclic) bond motifs is 2. The van der Waals surface area contributed by atoms with Gasteiger partial charge in [0, 0.05) is 11.1 Å². The Hall–Kier alpha value is -1.40. The van der Waals surface area contributed by atoms with Crippen molar-refractivity contribution in [3.05, 3.63) is 24.3 Å². The van der Waals surface area contributed by atoms with Crippen LogP contribution in [-0.2, 0) is 14.8 Å². The minimum atomic E-state index is -3.69. The highest BCUT2D eigenvalue weighted by Crippen LogP contribution is 2.54. The van der Waals surface area contributed by atoms with E-state index >= 15 is 0 Å². The first kappa shape index (κ1) is 13.6. The van der Waals surface area contributed by atoms with Crippen LogP contribution in [0.2, 0.25) is 0 Å². The van der Waals surface area contributed by atoms with E-state index in [0.717, 1.165) is 32.1 Å². The first-order chi connectivity index (χ1) is 9.39. The quantitative estimate of drug-likeness (QED) is 0.891. The Balaban J connectivity index is 1.74. The van der Waals surface area contributed by atoms with Crippen molar-refractivity contribution < 1.29 is 13.2 Å². The van der Waals surface area contributed by atoms with E-state index in [1.165, 1.54) is 12.1 Å². The lowest BCUT2D eigenvalue weighted by molar-refractivity contribution is -0.125. The van der Waals surface area contributed by atoms with Gasteiger partial charge in [0.25, 0.3) is 0 Å². The fraction of sp³-hybridized carbons (Fsp3) is 0.500. The molecule has 1 aromatic carbocycles. The summed E-state index contributed by atoms with van der Waals surface area (Å²) in [6.07, 6.45) is 5.24. The van der Waals surface area contributed by atoms with Gasteiger partial charge in [-0.05, 0) is 62.3 Å². The average Bonchev–Trinajstić information content (AvgIpc) is 3.00. The highest BCUT2D eigenvalue weighted by atomic mass is 32.2. The molecule has 5 nitrogen and oxygen atoms in total. The molecule has 0 heterocycles. The van der Waals surface area contributed by atoms with E-state index in [1.54, 1.807) is 12.1 Å². The molecule has 6 heteroatoms. The summed E-state index contributed by atoms with van der Waals surface area (Å²) in [4.78, 5) is 12.5. The SMILES string of the molecule is NS(=O)(=O)c1ccc(NC(=O)C23CCC(CC2)C3)cc1. The molecule has 2 bridgehead atoms. The summed E-state index contributed by atoms with van der Waals surface area (Å²) in [6.45, 7) is 0. The number of primary sulfonamides is 1. The Morgan fingerprint density at radius 3 is 2.25 bits per heavy atom. The molecule has 0 saturated heterocycles. The third-order valence-electron chi connectivity index (χ3n) is 4.66. The molecule has 1 aromatic rings. The number of nitrogens with two attached hydrogens (primary N) is 1. The molecule has 0 atom stereocenters. The molecular formula is C14H18N2O3S. The predicted octanol–water partition coefficient (Wildman–Crippen LogP) is 1.85. The minimum absolute atomic E-state index is 0.0514. The van der Waals surface area contributed by atoms with Crippen molar-refractivity contribution in [3.8, 4) is 0 Å². The van der Waals surface area contributed by atoms with Gasteiger partial charge in [0.15, 0.2) is 0 Å². The number of rotatable bonds is 3. The fourth-order valence-electron chi connectivity index (χ4n) is 3.50. The number of carbonyl (C=O) groups is 1. The third kappa shape index (κ3) is 2.33. The maximum Gasteiger partial charge on any atom is 0.238 e. The molecule has 0 unspecified atom stereocenters. The zero-order valence-electron chi connectivity index (χ0n) is 11.1. The number of anilines is 1. The van der Waals surface area contributed by atoms with Crippen LogP contribution in [0, 0.1) is 11.3 Å². The summed E-state index contributed by atoms with van der Waals surface area (Å²) < 4.78 is 22.3. The number of sulfonamides is 1. The van der Waals surface area contributed by atoms with Crippen LogP contribution < -0.4 is 10.5 Å². The van der Waals surface area contributed by atoms with Crippen LogP contribution in [-0.4, -0.2) is 14.3 Å². The molecule has 0 radical (unpaired) electrons. The highest BCUT2D eigenvalue weighted by molar-refractivity contribution is 7.89. The van der Waals surface area contributed by atoms with Crippen LogP contribution in [0.3, 0.4) is 0 Å². The van der Waals surface area contributed by atoms with Gasteiger partial charge in [0.2, 0.25) is 15.9 Å². The van der Waals surface area contributed by atoms with Crippen molar-refractivity contribution in [2.45, 2.75) is 37.0 Å². The monoisotopic (exact) mass is 294 g/mol. The second-order valence-electron chi connectivity index (χ2n) is 5.95. The second-order valence-corrected chi connectivity index (χ2v) is 7.51. The third-order valence-corrected chi connectivity index (χ3v) is 5.59. The van der Waals surface area contributed by atoms with Crippen molar-refractivity contribution in [3.63, 3.8) is 0 Å². The molecule has 3 rings (SSSR count). The van der Waals surface area contributed by atoms with Gasteiger partial charge in [0.1, 0.15) is 0 Å². The average molecular weight is 294 g/mol. The summed E-state index contributed by atoms with van der Waals surface area (Å²) in [5.41, 5.74) is 0.427. The fourth-order valence-corrected chi connectivity index (χ4v) is 4.02. The molecule has 2 saturated carbocycles. The van der Waals surface area contributed by atoms with Gasteiger partial charge in [-0.25, -0.2) is 13.6 Å². The Morgan fingerprint density at radius 1 is 1.20 bits per heavy atom. The number of hydrogen-bond donors (Lipinski definition) is 2. The summed E-state index contributed by atoms with van der Waals surface area (Å²) in [5.74, 6) is 0.784. The van der Waals surface area contributed by atoms with E-state index < -0.39 is 10.0 Å². The standard InChI is InChI=1S/C14H18N2O3S/c15-20(18,19)12-3-1-11(2-4-12)16-13(17)14-7-5-10(9-14)6-8-14/h1-4,10H,5-9H2,(H,16,17)(H2,15,18,19). The topological polar surface area (TPSA) is 89.3 Å². The molecule has 2 aliphatic rings. The van der Waals surface area contributed by atoms with Crippen LogP contribution in [0.4, 0.5) is 5.69 Å². The van der Waals surface area contributed by atoms with Crippen LogP contribution in [0.25, 0.3) is 0 Å². The number of hydrogen-bond acceptors (Lipinski definition) is 3. The van der Waals surface area contributed by atoms with E-state index in [0.29, 0.717) is 11.6 Å². The Morgan fingerprint density at radius 2 is 1.80 bits per heavy atom. The number of amides is 1. The largest absolute Gasteiger partial charge is 0.326 e. The predicted molar refractivity (Wildman–Crippen MR) is 75.5 cm³/mol. The van der Waals surface area contributed by atoms with Crippen LogP contribution >= 0.6 is 0 Å². The number of carbonyl (C=O) groups excluding carboxylic acids is 1. The van der Waals surface area contributed by atoms with E-state index in [2.05, 4.69) is 5.32 Å². The van der Waals surface area contributed by atoms with Gasteiger partial charge in [-0.3, -0.25) is 4.79 Å². The molecule has 0 spiro atoms. The summed E-state index contributed by atoms with van der Waals surface area (Å²) in [5, 5.41) is 7.95. The van der Waals surface area contributed by atoms with E-state index in [4.69, 9.17) is 5.14 Å². The Kier molecular flexibility index (Phi) is 3.10. The van der Waals surface area contributed by atoms with Crippen molar-refractivity contribution >= 4 is 21.6 Å². The van der Waals surface area contributed by atoms with Gasteiger partial charge >= 0.3 is 0 Å². The van der Waals surface area contributed by atoms with Crippen LogP contribution in [0.5, 0.6) is 0 Å². The van der Waals surface area contributed by atoms with Crippen molar-refractivity contribution in [2.75, 3.05) is 5.32 Å². The van der Waals surface area contributed by atoms with E-state index in [-0.39, 0.29) is 16.2 Å². The molecule has 108 valence electrons. The number of nitrogens with one attached hydrogen (secondary N) is 1. The van der Waals surface area contributed by atoms with E-state index in [9.17, 15) is 13.2 Å². The van der Waals surface area contributed by atoms with Gasteiger partial charge < -0.3 is 5.32 Å². The van der Waals surface area contributed by atoms with Gasteiger partial charge in [0.05, 0.1) is 4.90 Å². The van der Waals surface area contributed by atoms with Crippen molar-refractivity contribution in [2.24, 2.45) is 16.5 Å². The van der Waals surface area contributed by atoms with E-state index in [1.807, 2.05) is 0 Å². The number of benzene rings is 1. The normalized spacial score (nSPS) is 28.6. The molecule has 2 fully saturated rings. The zero-order chi connectivity index (χ0) is 14.4.